The molecule has 2 rings (SSSR count). The summed E-state index contributed by atoms with van der Waals surface area (Å²) in [6, 6.07) is 0.267. The summed E-state index contributed by atoms with van der Waals surface area (Å²) < 4.78 is 1.29. The number of carbonyl (C=O) groups excluding carboxylic acids is 1. The maximum absolute atomic E-state index is 12.0. The molecule has 0 bridgehead atoms. The molecule has 112 valence electrons. The lowest BCUT2D eigenvalue weighted by atomic mass is 9.93. The molecule has 1 fully saturated rings. The summed E-state index contributed by atoms with van der Waals surface area (Å²) in [6.07, 6.45) is 7.16. The minimum Gasteiger partial charge on any atom is -0.352 e. The van der Waals surface area contributed by atoms with Crippen molar-refractivity contribution in [3.63, 3.8) is 0 Å². The van der Waals surface area contributed by atoms with Crippen molar-refractivity contribution in [2.45, 2.75) is 58.5 Å². The SMILES string of the molecule is CC(C)CC[C@H]1CCC[C@H]1NC(=O)Cn1cn[nH]c1=O. The zero-order valence-electron chi connectivity index (χ0n) is 12.3. The molecule has 0 radical (unpaired) electrons. The third-order valence-corrected chi connectivity index (χ3v) is 4.05. The van der Waals surface area contributed by atoms with Crippen molar-refractivity contribution < 1.29 is 4.79 Å². The number of rotatable bonds is 6. The molecule has 0 unspecified atom stereocenters. The number of H-pyrrole nitrogens is 1. The molecule has 0 aromatic carbocycles. The van der Waals surface area contributed by atoms with Crippen LogP contribution in [-0.4, -0.2) is 26.7 Å². The predicted octanol–water partition coefficient (Wildman–Crippen LogP) is 1.29. The standard InChI is InChI=1S/C14H24N4O2/c1-10(2)6-7-11-4-3-5-12(11)16-13(19)8-18-9-15-17-14(18)20/h9-12H,3-8H2,1-2H3,(H,16,19)(H,17,20)/t11-,12-/m1/s1. The average molecular weight is 280 g/mol. The molecule has 6 heteroatoms. The first kappa shape index (κ1) is 14.8. The molecule has 1 aliphatic carbocycles. The predicted molar refractivity (Wildman–Crippen MR) is 76.2 cm³/mol. The summed E-state index contributed by atoms with van der Waals surface area (Å²) >= 11 is 0. The van der Waals surface area contributed by atoms with E-state index in [9.17, 15) is 9.59 Å². The summed E-state index contributed by atoms with van der Waals surface area (Å²) in [5.41, 5.74) is -0.345. The Balaban J connectivity index is 1.83. The molecule has 2 atom stereocenters. The lowest BCUT2D eigenvalue weighted by Crippen LogP contribution is -2.40. The topological polar surface area (TPSA) is 79.8 Å². The van der Waals surface area contributed by atoms with Gasteiger partial charge in [-0.3, -0.25) is 9.36 Å². The first-order valence-electron chi connectivity index (χ1n) is 7.45. The van der Waals surface area contributed by atoms with E-state index in [1.165, 1.54) is 36.6 Å². The summed E-state index contributed by atoms with van der Waals surface area (Å²) in [5.74, 6) is 1.19. The molecule has 1 saturated carbocycles. The van der Waals surface area contributed by atoms with E-state index in [0.717, 1.165) is 6.42 Å². The number of aromatic nitrogens is 3. The van der Waals surface area contributed by atoms with Crippen molar-refractivity contribution >= 4 is 5.91 Å². The maximum Gasteiger partial charge on any atom is 0.343 e. The van der Waals surface area contributed by atoms with E-state index in [-0.39, 0.29) is 24.2 Å². The Labute approximate surface area is 119 Å². The van der Waals surface area contributed by atoms with Crippen molar-refractivity contribution in [1.29, 1.82) is 0 Å². The van der Waals surface area contributed by atoms with Gasteiger partial charge < -0.3 is 5.32 Å². The first-order chi connectivity index (χ1) is 9.56. The lowest BCUT2D eigenvalue weighted by Gasteiger charge is -2.21. The molecule has 0 spiro atoms. The Morgan fingerprint density at radius 2 is 2.35 bits per heavy atom. The maximum atomic E-state index is 12.0. The van der Waals surface area contributed by atoms with E-state index in [4.69, 9.17) is 0 Å². The van der Waals surface area contributed by atoms with Gasteiger partial charge in [-0.05, 0) is 31.1 Å². The summed E-state index contributed by atoms with van der Waals surface area (Å²) in [5, 5.41) is 8.98. The second-order valence-corrected chi connectivity index (χ2v) is 6.13. The number of amides is 1. The Hall–Kier alpha value is -1.59. The van der Waals surface area contributed by atoms with Crippen molar-refractivity contribution in [3.8, 4) is 0 Å². The Kier molecular flexibility index (Phi) is 4.98. The third-order valence-electron chi connectivity index (χ3n) is 4.05. The fourth-order valence-electron chi connectivity index (χ4n) is 2.91. The Bertz CT molecular complexity index is 491. The first-order valence-corrected chi connectivity index (χ1v) is 7.45. The highest BCUT2D eigenvalue weighted by Gasteiger charge is 2.28. The molecule has 0 aliphatic heterocycles. The number of carbonyl (C=O) groups is 1. The van der Waals surface area contributed by atoms with Crippen LogP contribution in [-0.2, 0) is 11.3 Å². The molecule has 1 aromatic rings. The molecule has 1 aromatic heterocycles. The van der Waals surface area contributed by atoms with Crippen molar-refractivity contribution in [3.05, 3.63) is 16.8 Å². The summed E-state index contributed by atoms with van der Waals surface area (Å²) in [4.78, 5) is 23.3. The van der Waals surface area contributed by atoms with Gasteiger partial charge >= 0.3 is 5.69 Å². The van der Waals surface area contributed by atoms with Gasteiger partial charge in [0.05, 0.1) is 0 Å². The smallest absolute Gasteiger partial charge is 0.343 e. The van der Waals surface area contributed by atoms with Gasteiger partial charge in [0.15, 0.2) is 0 Å². The van der Waals surface area contributed by atoms with Gasteiger partial charge in [0.2, 0.25) is 5.91 Å². The van der Waals surface area contributed by atoms with E-state index in [0.29, 0.717) is 11.8 Å². The van der Waals surface area contributed by atoms with Gasteiger partial charge in [-0.15, -0.1) is 0 Å². The second-order valence-electron chi connectivity index (χ2n) is 6.13. The van der Waals surface area contributed by atoms with Crippen molar-refractivity contribution in [1.82, 2.24) is 20.1 Å². The van der Waals surface area contributed by atoms with Crippen LogP contribution in [0.2, 0.25) is 0 Å². The highest BCUT2D eigenvalue weighted by Crippen LogP contribution is 2.30. The van der Waals surface area contributed by atoms with Crippen LogP contribution < -0.4 is 11.0 Å². The normalized spacial score (nSPS) is 22.4. The number of aromatic amines is 1. The van der Waals surface area contributed by atoms with Gasteiger partial charge in [0, 0.05) is 6.04 Å². The van der Waals surface area contributed by atoms with Crippen molar-refractivity contribution in [2.24, 2.45) is 11.8 Å². The minimum atomic E-state index is -0.345. The number of hydrogen-bond donors (Lipinski definition) is 2. The van der Waals surface area contributed by atoms with Gasteiger partial charge in [0.25, 0.3) is 0 Å². The zero-order chi connectivity index (χ0) is 14.5. The van der Waals surface area contributed by atoms with Crippen molar-refractivity contribution in [2.75, 3.05) is 0 Å². The van der Waals surface area contributed by atoms with E-state index >= 15 is 0 Å². The van der Waals surface area contributed by atoms with Gasteiger partial charge in [-0.2, -0.15) is 5.10 Å². The third kappa shape index (κ3) is 3.95. The highest BCUT2D eigenvalue weighted by atomic mass is 16.2. The van der Waals surface area contributed by atoms with E-state index in [1.807, 2.05) is 0 Å². The quantitative estimate of drug-likeness (QED) is 0.824. The lowest BCUT2D eigenvalue weighted by molar-refractivity contribution is -0.122. The molecule has 6 nitrogen and oxygen atoms in total. The van der Waals surface area contributed by atoms with Crippen LogP contribution in [0.3, 0.4) is 0 Å². The molecule has 20 heavy (non-hydrogen) atoms. The Morgan fingerprint density at radius 3 is 3.00 bits per heavy atom. The van der Waals surface area contributed by atoms with Crippen LogP contribution in [0.1, 0.15) is 46.0 Å². The van der Waals surface area contributed by atoms with Gasteiger partial charge in [0.1, 0.15) is 12.9 Å². The molecular weight excluding hydrogens is 256 g/mol. The molecule has 1 aliphatic rings. The molecule has 2 N–H and O–H groups in total. The van der Waals surface area contributed by atoms with Crippen LogP contribution in [0.4, 0.5) is 0 Å². The minimum absolute atomic E-state index is 0.0444. The second kappa shape index (κ2) is 6.72. The summed E-state index contributed by atoms with van der Waals surface area (Å²) in [6.45, 7) is 4.50. The molecule has 1 amide bonds. The summed E-state index contributed by atoms with van der Waals surface area (Å²) in [7, 11) is 0. The zero-order valence-corrected chi connectivity index (χ0v) is 12.3. The fourth-order valence-corrected chi connectivity index (χ4v) is 2.91. The van der Waals surface area contributed by atoms with Crippen LogP contribution in [0.15, 0.2) is 11.1 Å². The number of nitrogens with one attached hydrogen (secondary N) is 2. The number of nitrogens with zero attached hydrogens (tertiary/aromatic N) is 2. The van der Waals surface area contributed by atoms with E-state index in [1.54, 1.807) is 0 Å². The van der Waals surface area contributed by atoms with Crippen LogP contribution in [0.25, 0.3) is 0 Å². The van der Waals surface area contributed by atoms with Crippen LogP contribution in [0.5, 0.6) is 0 Å². The van der Waals surface area contributed by atoms with Crippen LogP contribution in [0, 0.1) is 11.8 Å². The molecule has 1 heterocycles. The average Bonchev–Trinajstić information content (AvgIpc) is 2.97. The fraction of sp³-hybridized carbons (Fsp3) is 0.786. The van der Waals surface area contributed by atoms with Gasteiger partial charge in [-0.1, -0.05) is 26.7 Å². The van der Waals surface area contributed by atoms with Crippen LogP contribution >= 0.6 is 0 Å². The molecule has 0 saturated heterocycles. The van der Waals surface area contributed by atoms with E-state index < -0.39 is 0 Å². The van der Waals surface area contributed by atoms with Gasteiger partial charge in [-0.25, -0.2) is 9.89 Å². The highest BCUT2D eigenvalue weighted by molar-refractivity contribution is 5.76. The molecular formula is C14H24N4O2. The Morgan fingerprint density at radius 1 is 1.55 bits per heavy atom. The van der Waals surface area contributed by atoms with E-state index in [2.05, 4.69) is 29.4 Å². The number of hydrogen-bond acceptors (Lipinski definition) is 3. The largest absolute Gasteiger partial charge is 0.352 e. The monoisotopic (exact) mass is 280 g/mol.